The van der Waals surface area contributed by atoms with Crippen molar-refractivity contribution in [3.63, 3.8) is 0 Å². The molecule has 0 aliphatic carbocycles. The summed E-state index contributed by atoms with van der Waals surface area (Å²) in [5, 5.41) is 15.0. The first kappa shape index (κ1) is 18.0. The number of anilines is 1. The molecule has 27 heavy (non-hydrogen) atoms. The molecule has 1 saturated heterocycles. The zero-order valence-corrected chi connectivity index (χ0v) is 16.3. The molecule has 9 heteroatoms. The van der Waals surface area contributed by atoms with E-state index >= 15 is 0 Å². The molecule has 0 spiro atoms. The molecule has 1 atom stereocenters. The minimum Gasteiger partial charge on any atom is -0.497 e. The SMILES string of the molecule is COc1cccc(-c2nc(CC(=O)Nc3nnc([C@@H]4CCCO4)s3)cs2)c1. The molecule has 1 aliphatic rings. The number of hydrogen-bond donors (Lipinski definition) is 1. The Morgan fingerprint density at radius 1 is 1.41 bits per heavy atom. The summed E-state index contributed by atoms with van der Waals surface area (Å²) in [6, 6.07) is 7.71. The second kappa shape index (κ2) is 8.12. The topological polar surface area (TPSA) is 86.2 Å². The maximum atomic E-state index is 12.3. The molecule has 0 radical (unpaired) electrons. The first-order valence-corrected chi connectivity index (χ1v) is 10.2. The summed E-state index contributed by atoms with van der Waals surface area (Å²) in [5.41, 5.74) is 1.69. The quantitative estimate of drug-likeness (QED) is 0.677. The summed E-state index contributed by atoms with van der Waals surface area (Å²) < 4.78 is 10.8. The molecule has 2 aromatic heterocycles. The highest BCUT2D eigenvalue weighted by molar-refractivity contribution is 7.15. The van der Waals surface area contributed by atoms with Crippen LogP contribution in [0.15, 0.2) is 29.6 Å². The maximum Gasteiger partial charge on any atom is 0.232 e. The molecule has 1 amide bonds. The number of carbonyl (C=O) groups is 1. The van der Waals surface area contributed by atoms with Crippen LogP contribution in [0, 0.1) is 0 Å². The van der Waals surface area contributed by atoms with Gasteiger partial charge >= 0.3 is 0 Å². The molecule has 140 valence electrons. The lowest BCUT2D eigenvalue weighted by Gasteiger charge is -2.02. The van der Waals surface area contributed by atoms with E-state index in [0.29, 0.717) is 5.13 Å². The Hall–Kier alpha value is -2.36. The van der Waals surface area contributed by atoms with Gasteiger partial charge in [-0.25, -0.2) is 4.98 Å². The van der Waals surface area contributed by atoms with Gasteiger partial charge in [-0.3, -0.25) is 4.79 Å². The second-order valence-corrected chi connectivity index (χ2v) is 7.92. The summed E-state index contributed by atoms with van der Waals surface area (Å²) in [4.78, 5) is 16.9. The van der Waals surface area contributed by atoms with Gasteiger partial charge in [0, 0.05) is 17.6 Å². The Balaban J connectivity index is 1.38. The number of thiazole rings is 1. The minimum absolute atomic E-state index is 0.0112. The first-order chi connectivity index (χ1) is 13.2. The van der Waals surface area contributed by atoms with Gasteiger partial charge in [0.05, 0.1) is 19.2 Å². The molecule has 0 unspecified atom stereocenters. The lowest BCUT2D eigenvalue weighted by Crippen LogP contribution is -2.14. The van der Waals surface area contributed by atoms with Crippen LogP contribution >= 0.6 is 22.7 Å². The highest BCUT2D eigenvalue weighted by atomic mass is 32.1. The fourth-order valence-electron chi connectivity index (χ4n) is 2.79. The number of carbonyl (C=O) groups excluding carboxylic acids is 1. The van der Waals surface area contributed by atoms with Gasteiger partial charge in [-0.1, -0.05) is 23.5 Å². The third kappa shape index (κ3) is 4.32. The highest BCUT2D eigenvalue weighted by Gasteiger charge is 2.22. The average molecular weight is 403 g/mol. The number of nitrogens with zero attached hydrogens (tertiary/aromatic N) is 3. The number of nitrogens with one attached hydrogen (secondary N) is 1. The van der Waals surface area contributed by atoms with Crippen LogP contribution in [0.1, 0.15) is 29.6 Å². The Morgan fingerprint density at radius 3 is 3.15 bits per heavy atom. The van der Waals surface area contributed by atoms with E-state index in [1.165, 1.54) is 22.7 Å². The zero-order valence-electron chi connectivity index (χ0n) is 14.7. The van der Waals surface area contributed by atoms with Gasteiger partial charge < -0.3 is 14.8 Å². The predicted octanol–water partition coefficient (Wildman–Crippen LogP) is 3.70. The van der Waals surface area contributed by atoms with Crippen LogP contribution in [-0.2, 0) is 16.0 Å². The first-order valence-electron chi connectivity index (χ1n) is 8.55. The van der Waals surface area contributed by atoms with Crippen molar-refractivity contribution < 1.29 is 14.3 Å². The van der Waals surface area contributed by atoms with E-state index in [1.54, 1.807) is 7.11 Å². The standard InChI is InChI=1S/C18H18N4O3S2/c1-24-13-5-2-4-11(8-13)16-19-12(10-26-16)9-15(23)20-18-22-21-17(27-18)14-6-3-7-25-14/h2,4-5,8,10,14H,3,6-7,9H2,1H3,(H,20,22,23)/t14-/m0/s1. The molecule has 1 fully saturated rings. The molecular weight excluding hydrogens is 384 g/mol. The molecule has 3 heterocycles. The molecule has 4 rings (SSSR count). The average Bonchev–Trinajstić information content (AvgIpc) is 3.43. The van der Waals surface area contributed by atoms with Crippen LogP contribution in [0.3, 0.4) is 0 Å². The monoisotopic (exact) mass is 402 g/mol. The molecule has 3 aromatic rings. The number of benzene rings is 1. The molecule has 0 bridgehead atoms. The van der Waals surface area contributed by atoms with E-state index in [-0.39, 0.29) is 18.4 Å². The van der Waals surface area contributed by atoms with Gasteiger partial charge in [0.15, 0.2) is 0 Å². The predicted molar refractivity (Wildman–Crippen MR) is 104 cm³/mol. The smallest absolute Gasteiger partial charge is 0.232 e. The summed E-state index contributed by atoms with van der Waals surface area (Å²) in [6.45, 7) is 0.755. The number of rotatable bonds is 6. The summed E-state index contributed by atoms with van der Waals surface area (Å²) in [6.07, 6.45) is 2.19. The van der Waals surface area contributed by atoms with Crippen molar-refractivity contribution in [2.45, 2.75) is 25.4 Å². The summed E-state index contributed by atoms with van der Waals surface area (Å²) in [5.74, 6) is 0.618. The molecular formula is C18H18N4O3S2. The number of methoxy groups -OCH3 is 1. The number of hydrogen-bond acceptors (Lipinski definition) is 8. The Labute approximate surface area is 164 Å². The van der Waals surface area contributed by atoms with Crippen LogP contribution in [0.25, 0.3) is 10.6 Å². The maximum absolute atomic E-state index is 12.3. The summed E-state index contributed by atoms with van der Waals surface area (Å²) >= 11 is 2.87. The van der Waals surface area contributed by atoms with Crippen molar-refractivity contribution in [3.8, 4) is 16.3 Å². The fraction of sp³-hybridized carbons (Fsp3) is 0.333. The summed E-state index contributed by atoms with van der Waals surface area (Å²) in [7, 11) is 1.63. The van der Waals surface area contributed by atoms with E-state index in [0.717, 1.165) is 46.5 Å². The van der Waals surface area contributed by atoms with Crippen LogP contribution in [0.2, 0.25) is 0 Å². The molecule has 7 nitrogen and oxygen atoms in total. The van der Waals surface area contributed by atoms with E-state index in [4.69, 9.17) is 9.47 Å². The molecule has 1 N–H and O–H groups in total. The number of ether oxygens (including phenoxy) is 2. The van der Waals surface area contributed by atoms with Crippen LogP contribution < -0.4 is 10.1 Å². The van der Waals surface area contributed by atoms with Crippen LogP contribution in [0.5, 0.6) is 5.75 Å². The van der Waals surface area contributed by atoms with Crippen LogP contribution in [0.4, 0.5) is 5.13 Å². The largest absolute Gasteiger partial charge is 0.497 e. The highest BCUT2D eigenvalue weighted by Crippen LogP contribution is 2.32. The molecule has 1 aromatic carbocycles. The Bertz CT molecular complexity index is 934. The van der Waals surface area contributed by atoms with Gasteiger partial charge in [-0.05, 0) is 25.0 Å². The van der Waals surface area contributed by atoms with Crippen LogP contribution in [-0.4, -0.2) is 34.8 Å². The van der Waals surface area contributed by atoms with Gasteiger partial charge in [0.1, 0.15) is 21.9 Å². The van der Waals surface area contributed by atoms with Gasteiger partial charge in [-0.15, -0.1) is 21.5 Å². The zero-order chi connectivity index (χ0) is 18.6. The number of amides is 1. The van der Waals surface area contributed by atoms with Crippen molar-refractivity contribution in [1.82, 2.24) is 15.2 Å². The van der Waals surface area contributed by atoms with Crippen molar-refractivity contribution in [1.29, 1.82) is 0 Å². The lowest BCUT2D eigenvalue weighted by atomic mass is 10.2. The van der Waals surface area contributed by atoms with E-state index in [2.05, 4.69) is 20.5 Å². The van der Waals surface area contributed by atoms with Gasteiger partial charge in [0.25, 0.3) is 0 Å². The van der Waals surface area contributed by atoms with Crippen molar-refractivity contribution in [2.24, 2.45) is 0 Å². The van der Waals surface area contributed by atoms with E-state index < -0.39 is 0 Å². The minimum atomic E-state index is -0.160. The van der Waals surface area contributed by atoms with Crippen molar-refractivity contribution >= 4 is 33.7 Å². The Morgan fingerprint density at radius 2 is 2.33 bits per heavy atom. The van der Waals surface area contributed by atoms with Crippen molar-refractivity contribution in [3.05, 3.63) is 40.3 Å². The normalized spacial score (nSPS) is 16.4. The van der Waals surface area contributed by atoms with Gasteiger partial charge in [-0.2, -0.15) is 0 Å². The van der Waals surface area contributed by atoms with E-state index in [1.807, 2.05) is 29.6 Å². The fourth-order valence-corrected chi connectivity index (χ4v) is 4.45. The third-order valence-electron chi connectivity index (χ3n) is 4.10. The lowest BCUT2D eigenvalue weighted by molar-refractivity contribution is -0.115. The Kier molecular flexibility index (Phi) is 5.42. The van der Waals surface area contributed by atoms with Crippen molar-refractivity contribution in [2.75, 3.05) is 19.0 Å². The van der Waals surface area contributed by atoms with E-state index in [9.17, 15) is 4.79 Å². The molecule has 0 saturated carbocycles. The molecule has 1 aliphatic heterocycles. The second-order valence-electron chi connectivity index (χ2n) is 6.05. The number of aromatic nitrogens is 3. The van der Waals surface area contributed by atoms with Gasteiger partial charge in [0.2, 0.25) is 11.0 Å². The third-order valence-corrected chi connectivity index (χ3v) is 5.97.